The molecule has 0 aliphatic heterocycles. The van der Waals surface area contributed by atoms with Crippen molar-refractivity contribution in [2.75, 3.05) is 0 Å². The van der Waals surface area contributed by atoms with Gasteiger partial charge in [-0.1, -0.05) is 27.2 Å². The third kappa shape index (κ3) is 4.26. The molecule has 0 atom stereocenters. The van der Waals surface area contributed by atoms with Crippen LogP contribution < -0.4 is 10.1 Å². The van der Waals surface area contributed by atoms with Crippen LogP contribution in [0.3, 0.4) is 0 Å². The number of nitrogens with one attached hydrogen (secondary N) is 1. The Morgan fingerprint density at radius 3 is 2.69 bits per heavy atom. The molecule has 0 aliphatic carbocycles. The lowest BCUT2D eigenvalue weighted by Crippen LogP contribution is -2.41. The van der Waals surface area contributed by atoms with Crippen molar-refractivity contribution in [1.82, 2.24) is 20.4 Å². The summed E-state index contributed by atoms with van der Waals surface area (Å²) in [7, 11) is 0. The first kappa shape index (κ1) is 18.1. The Balaban J connectivity index is 1.69. The minimum atomic E-state index is -0.777. The van der Waals surface area contributed by atoms with E-state index in [9.17, 15) is 4.79 Å². The summed E-state index contributed by atoms with van der Waals surface area (Å²) in [4.78, 5) is 20.8. The molecule has 0 unspecified atom stereocenters. The molecule has 1 N–H and O–H groups in total. The summed E-state index contributed by atoms with van der Waals surface area (Å²) in [5.74, 6) is 1.60. The number of rotatable bonds is 5. The standard InChI is InChI=1S/C18H17BrN4O3/c1-11-21-17(23-26-11)18(2,3)22-16(24)12-7-8-15(20-10-12)25-14-6-4-5-13(19)9-14/h4-10H,1-3H3,(H,22,24). The number of nitrogens with zero attached hydrogens (tertiary/aromatic N) is 3. The molecule has 0 radical (unpaired) electrons. The zero-order chi connectivity index (χ0) is 18.7. The van der Waals surface area contributed by atoms with Gasteiger partial charge in [0, 0.05) is 23.7 Å². The number of aromatic nitrogens is 3. The van der Waals surface area contributed by atoms with E-state index in [0.29, 0.717) is 28.9 Å². The Bertz CT molecular complexity index is 922. The van der Waals surface area contributed by atoms with Crippen LogP contribution in [0.25, 0.3) is 0 Å². The van der Waals surface area contributed by atoms with E-state index in [2.05, 4.69) is 36.4 Å². The first-order chi connectivity index (χ1) is 12.3. The molecule has 0 spiro atoms. The van der Waals surface area contributed by atoms with Crippen LogP contribution in [-0.2, 0) is 5.54 Å². The van der Waals surface area contributed by atoms with Crippen molar-refractivity contribution in [1.29, 1.82) is 0 Å². The Labute approximate surface area is 158 Å². The van der Waals surface area contributed by atoms with E-state index in [0.717, 1.165) is 4.47 Å². The number of aryl methyl sites for hydroxylation is 1. The molecule has 26 heavy (non-hydrogen) atoms. The van der Waals surface area contributed by atoms with Crippen LogP contribution in [0.5, 0.6) is 11.6 Å². The molecule has 1 aromatic carbocycles. The van der Waals surface area contributed by atoms with Crippen molar-refractivity contribution in [3.63, 3.8) is 0 Å². The highest BCUT2D eigenvalue weighted by atomic mass is 79.9. The number of carbonyl (C=O) groups excluding carboxylic acids is 1. The van der Waals surface area contributed by atoms with Gasteiger partial charge in [-0.2, -0.15) is 4.98 Å². The largest absolute Gasteiger partial charge is 0.439 e. The second-order valence-corrected chi connectivity index (χ2v) is 7.08. The van der Waals surface area contributed by atoms with Gasteiger partial charge >= 0.3 is 0 Å². The highest BCUT2D eigenvalue weighted by molar-refractivity contribution is 9.10. The maximum absolute atomic E-state index is 12.5. The molecule has 0 bridgehead atoms. The third-order valence-corrected chi connectivity index (χ3v) is 4.02. The molecule has 0 aliphatic rings. The highest BCUT2D eigenvalue weighted by Crippen LogP contribution is 2.23. The van der Waals surface area contributed by atoms with E-state index in [1.165, 1.54) is 6.20 Å². The molecular weight excluding hydrogens is 400 g/mol. The summed E-state index contributed by atoms with van der Waals surface area (Å²) in [5.41, 5.74) is -0.375. The van der Waals surface area contributed by atoms with E-state index >= 15 is 0 Å². The van der Waals surface area contributed by atoms with Gasteiger partial charge in [-0.05, 0) is 38.1 Å². The Hall–Kier alpha value is -2.74. The first-order valence-electron chi connectivity index (χ1n) is 7.86. The number of carbonyl (C=O) groups is 1. The zero-order valence-corrected chi connectivity index (χ0v) is 16.1. The Morgan fingerprint density at radius 2 is 2.08 bits per heavy atom. The summed E-state index contributed by atoms with van der Waals surface area (Å²) < 4.78 is 11.5. The van der Waals surface area contributed by atoms with Crippen LogP contribution in [0.15, 0.2) is 51.6 Å². The highest BCUT2D eigenvalue weighted by Gasteiger charge is 2.28. The third-order valence-electron chi connectivity index (χ3n) is 3.53. The maximum atomic E-state index is 12.5. The monoisotopic (exact) mass is 416 g/mol. The maximum Gasteiger partial charge on any atom is 0.253 e. The first-order valence-corrected chi connectivity index (χ1v) is 8.65. The van der Waals surface area contributed by atoms with E-state index in [1.807, 2.05) is 24.3 Å². The lowest BCUT2D eigenvalue weighted by molar-refractivity contribution is 0.0907. The predicted octanol–water partition coefficient (Wildman–Crippen LogP) is 3.99. The average molecular weight is 417 g/mol. The number of benzene rings is 1. The van der Waals surface area contributed by atoms with E-state index in [4.69, 9.17) is 9.26 Å². The summed E-state index contributed by atoms with van der Waals surface area (Å²) in [6, 6.07) is 10.7. The van der Waals surface area contributed by atoms with E-state index in [1.54, 1.807) is 32.9 Å². The fourth-order valence-corrected chi connectivity index (χ4v) is 2.57. The van der Waals surface area contributed by atoms with Gasteiger partial charge < -0.3 is 14.6 Å². The molecule has 0 fully saturated rings. The van der Waals surface area contributed by atoms with Crippen LogP contribution in [-0.4, -0.2) is 21.0 Å². The summed E-state index contributed by atoms with van der Waals surface area (Å²) in [6.45, 7) is 5.29. The summed E-state index contributed by atoms with van der Waals surface area (Å²) in [6.07, 6.45) is 1.46. The molecule has 134 valence electrons. The van der Waals surface area contributed by atoms with Crippen molar-refractivity contribution >= 4 is 21.8 Å². The topological polar surface area (TPSA) is 90.1 Å². The van der Waals surface area contributed by atoms with Gasteiger partial charge in [0.25, 0.3) is 5.91 Å². The average Bonchev–Trinajstić information content (AvgIpc) is 3.03. The van der Waals surface area contributed by atoms with Gasteiger partial charge in [0.2, 0.25) is 11.8 Å². The van der Waals surface area contributed by atoms with Crippen LogP contribution in [0.1, 0.15) is 35.9 Å². The van der Waals surface area contributed by atoms with Gasteiger partial charge in [-0.15, -0.1) is 0 Å². The number of amides is 1. The van der Waals surface area contributed by atoms with Gasteiger partial charge in [0.05, 0.1) is 11.1 Å². The number of hydrogen-bond acceptors (Lipinski definition) is 6. The second kappa shape index (κ2) is 7.25. The van der Waals surface area contributed by atoms with Crippen molar-refractivity contribution in [2.45, 2.75) is 26.3 Å². The van der Waals surface area contributed by atoms with Gasteiger partial charge in [0.1, 0.15) is 5.75 Å². The molecule has 2 aromatic heterocycles. The molecule has 3 aromatic rings. The molecule has 3 rings (SSSR count). The quantitative estimate of drug-likeness (QED) is 0.675. The molecule has 0 saturated heterocycles. The number of pyridine rings is 1. The number of halogens is 1. The van der Waals surface area contributed by atoms with Crippen LogP contribution >= 0.6 is 15.9 Å². The van der Waals surface area contributed by atoms with Gasteiger partial charge in [-0.3, -0.25) is 4.79 Å². The van der Waals surface area contributed by atoms with E-state index in [-0.39, 0.29) is 5.91 Å². The molecular formula is C18H17BrN4O3. The zero-order valence-electron chi connectivity index (χ0n) is 14.5. The predicted molar refractivity (Wildman–Crippen MR) is 98.0 cm³/mol. The summed E-state index contributed by atoms with van der Waals surface area (Å²) >= 11 is 3.38. The van der Waals surface area contributed by atoms with E-state index < -0.39 is 5.54 Å². The van der Waals surface area contributed by atoms with Gasteiger partial charge in [0.15, 0.2) is 5.82 Å². The fraction of sp³-hybridized carbons (Fsp3) is 0.222. The van der Waals surface area contributed by atoms with Crippen molar-refractivity contribution in [2.24, 2.45) is 0 Å². The van der Waals surface area contributed by atoms with Crippen molar-refractivity contribution in [3.8, 4) is 11.6 Å². The van der Waals surface area contributed by atoms with Crippen molar-refractivity contribution in [3.05, 3.63) is 64.3 Å². The minimum Gasteiger partial charge on any atom is -0.439 e. The summed E-state index contributed by atoms with van der Waals surface area (Å²) in [5, 5.41) is 6.73. The Kier molecular flexibility index (Phi) is 5.03. The fourth-order valence-electron chi connectivity index (χ4n) is 2.19. The molecule has 1 amide bonds. The van der Waals surface area contributed by atoms with Crippen molar-refractivity contribution < 1.29 is 14.1 Å². The van der Waals surface area contributed by atoms with Crippen LogP contribution in [0.4, 0.5) is 0 Å². The molecule has 0 saturated carbocycles. The van der Waals surface area contributed by atoms with Crippen LogP contribution in [0.2, 0.25) is 0 Å². The second-order valence-electron chi connectivity index (χ2n) is 6.16. The molecule has 7 nitrogen and oxygen atoms in total. The SMILES string of the molecule is Cc1nc(C(C)(C)NC(=O)c2ccc(Oc3cccc(Br)c3)nc2)no1. The lowest BCUT2D eigenvalue weighted by Gasteiger charge is -2.22. The lowest BCUT2D eigenvalue weighted by atomic mass is 10.0. The minimum absolute atomic E-state index is 0.293. The number of ether oxygens (including phenoxy) is 1. The Morgan fingerprint density at radius 1 is 1.27 bits per heavy atom. The smallest absolute Gasteiger partial charge is 0.253 e. The number of hydrogen-bond donors (Lipinski definition) is 1. The van der Waals surface area contributed by atoms with Gasteiger partial charge in [-0.25, -0.2) is 4.98 Å². The van der Waals surface area contributed by atoms with Crippen LogP contribution in [0, 0.1) is 6.92 Å². The molecule has 8 heteroatoms. The normalized spacial score (nSPS) is 11.2. The molecule has 2 heterocycles.